The topological polar surface area (TPSA) is 83.6 Å². The van der Waals surface area contributed by atoms with Crippen molar-refractivity contribution in [2.24, 2.45) is 0 Å². The summed E-state index contributed by atoms with van der Waals surface area (Å²) >= 11 is 0. The summed E-state index contributed by atoms with van der Waals surface area (Å²) in [6.45, 7) is 1.50. The minimum atomic E-state index is -1.04. The Kier molecular flexibility index (Phi) is 3.50. The van der Waals surface area contributed by atoms with E-state index >= 15 is 0 Å². The van der Waals surface area contributed by atoms with Crippen LogP contribution in [0, 0.1) is 0 Å². The molecule has 0 unspecified atom stereocenters. The fraction of sp³-hybridized carbons (Fsp3) is 0.385. The Bertz CT molecular complexity index is 479. The van der Waals surface area contributed by atoms with Crippen LogP contribution in [0.15, 0.2) is 18.2 Å². The van der Waals surface area contributed by atoms with Crippen molar-refractivity contribution >= 4 is 17.6 Å². The van der Waals surface area contributed by atoms with E-state index in [4.69, 9.17) is 10.8 Å². The van der Waals surface area contributed by atoms with Crippen LogP contribution in [0.3, 0.4) is 0 Å². The van der Waals surface area contributed by atoms with Gasteiger partial charge in [-0.1, -0.05) is 0 Å². The lowest BCUT2D eigenvalue weighted by Gasteiger charge is -2.27. The molecule has 5 heteroatoms. The first-order valence-electron chi connectivity index (χ1n) is 6.01. The van der Waals surface area contributed by atoms with Gasteiger partial charge in [-0.15, -0.1) is 0 Å². The monoisotopic (exact) mass is 248 g/mol. The number of carboxylic acids is 1. The maximum Gasteiger partial charge on any atom is 0.335 e. The molecule has 1 aromatic rings. The number of nitrogen functional groups attached to an aromatic ring is 1. The van der Waals surface area contributed by atoms with Crippen LogP contribution >= 0.6 is 0 Å². The number of likely N-dealkylation sites (tertiary alicyclic amines) is 1. The van der Waals surface area contributed by atoms with E-state index in [9.17, 15) is 9.59 Å². The van der Waals surface area contributed by atoms with Crippen LogP contribution < -0.4 is 5.73 Å². The third-order valence-corrected chi connectivity index (χ3v) is 3.17. The number of nitrogens with zero attached hydrogens (tertiary/aromatic N) is 1. The molecule has 0 radical (unpaired) electrons. The van der Waals surface area contributed by atoms with Gasteiger partial charge in [-0.3, -0.25) is 4.79 Å². The highest BCUT2D eigenvalue weighted by Crippen LogP contribution is 2.19. The number of anilines is 1. The van der Waals surface area contributed by atoms with Gasteiger partial charge in [-0.25, -0.2) is 4.79 Å². The molecule has 0 saturated carbocycles. The second kappa shape index (κ2) is 5.08. The second-order valence-electron chi connectivity index (χ2n) is 4.46. The average molecular weight is 248 g/mol. The van der Waals surface area contributed by atoms with Gasteiger partial charge in [0.1, 0.15) is 0 Å². The van der Waals surface area contributed by atoms with Crippen LogP contribution in [0.4, 0.5) is 5.69 Å². The summed E-state index contributed by atoms with van der Waals surface area (Å²) in [5.41, 5.74) is 6.47. The Morgan fingerprint density at radius 2 is 1.83 bits per heavy atom. The minimum Gasteiger partial charge on any atom is -0.478 e. The van der Waals surface area contributed by atoms with Crippen molar-refractivity contribution in [2.45, 2.75) is 19.3 Å². The van der Waals surface area contributed by atoms with Gasteiger partial charge in [0.15, 0.2) is 0 Å². The van der Waals surface area contributed by atoms with E-state index in [-0.39, 0.29) is 17.2 Å². The maximum absolute atomic E-state index is 12.2. The van der Waals surface area contributed by atoms with Crippen LogP contribution in [-0.2, 0) is 0 Å². The fourth-order valence-corrected chi connectivity index (χ4v) is 2.16. The molecule has 0 spiro atoms. The van der Waals surface area contributed by atoms with E-state index in [1.807, 2.05) is 0 Å². The van der Waals surface area contributed by atoms with Crippen molar-refractivity contribution in [1.82, 2.24) is 4.90 Å². The number of piperidine rings is 1. The van der Waals surface area contributed by atoms with E-state index in [2.05, 4.69) is 0 Å². The van der Waals surface area contributed by atoms with Gasteiger partial charge >= 0.3 is 5.97 Å². The number of nitrogens with two attached hydrogens (primary N) is 1. The van der Waals surface area contributed by atoms with E-state index in [0.29, 0.717) is 5.56 Å². The molecule has 1 saturated heterocycles. The summed E-state index contributed by atoms with van der Waals surface area (Å²) in [5, 5.41) is 8.84. The summed E-state index contributed by atoms with van der Waals surface area (Å²) in [4.78, 5) is 24.8. The number of hydrogen-bond acceptors (Lipinski definition) is 3. The summed E-state index contributed by atoms with van der Waals surface area (Å²) < 4.78 is 0. The van der Waals surface area contributed by atoms with Gasteiger partial charge in [0.05, 0.1) is 11.1 Å². The molecule has 1 fully saturated rings. The smallest absolute Gasteiger partial charge is 0.335 e. The van der Waals surface area contributed by atoms with E-state index < -0.39 is 5.97 Å². The number of benzene rings is 1. The summed E-state index contributed by atoms with van der Waals surface area (Å²) in [5.74, 6) is -1.15. The van der Waals surface area contributed by atoms with Crippen molar-refractivity contribution in [3.8, 4) is 0 Å². The summed E-state index contributed by atoms with van der Waals surface area (Å²) in [6, 6.07) is 4.24. The lowest BCUT2D eigenvalue weighted by molar-refractivity contribution is 0.0691. The summed E-state index contributed by atoms with van der Waals surface area (Å²) in [6.07, 6.45) is 3.18. The van der Waals surface area contributed by atoms with Gasteiger partial charge in [0.25, 0.3) is 5.91 Å². The molecule has 1 aromatic carbocycles. The van der Waals surface area contributed by atoms with Crippen molar-refractivity contribution in [3.63, 3.8) is 0 Å². The summed E-state index contributed by atoms with van der Waals surface area (Å²) in [7, 11) is 0. The molecule has 96 valence electrons. The number of carbonyl (C=O) groups is 2. The first kappa shape index (κ1) is 12.4. The van der Waals surface area contributed by atoms with Crippen molar-refractivity contribution < 1.29 is 14.7 Å². The third-order valence-electron chi connectivity index (χ3n) is 3.17. The molecule has 0 aliphatic carbocycles. The number of aromatic carboxylic acids is 1. The third kappa shape index (κ3) is 2.45. The highest BCUT2D eigenvalue weighted by Gasteiger charge is 2.20. The van der Waals surface area contributed by atoms with Crippen molar-refractivity contribution in [3.05, 3.63) is 29.3 Å². The van der Waals surface area contributed by atoms with Crippen molar-refractivity contribution in [2.75, 3.05) is 18.8 Å². The zero-order valence-electron chi connectivity index (χ0n) is 10.1. The highest BCUT2D eigenvalue weighted by atomic mass is 16.4. The Morgan fingerprint density at radius 3 is 2.39 bits per heavy atom. The van der Waals surface area contributed by atoms with E-state index in [0.717, 1.165) is 32.4 Å². The lowest BCUT2D eigenvalue weighted by atomic mass is 10.1. The van der Waals surface area contributed by atoms with E-state index in [1.165, 1.54) is 18.2 Å². The predicted octanol–water partition coefficient (Wildman–Crippen LogP) is 1.59. The fourth-order valence-electron chi connectivity index (χ4n) is 2.16. The highest BCUT2D eigenvalue weighted by molar-refractivity contribution is 6.01. The molecule has 2 rings (SSSR count). The largest absolute Gasteiger partial charge is 0.478 e. The van der Waals surface area contributed by atoms with Crippen LogP contribution in [0.5, 0.6) is 0 Å². The molecule has 3 N–H and O–H groups in total. The Labute approximate surface area is 105 Å². The van der Waals surface area contributed by atoms with Crippen LogP contribution in [0.1, 0.15) is 40.0 Å². The van der Waals surface area contributed by atoms with Crippen molar-refractivity contribution in [1.29, 1.82) is 0 Å². The SMILES string of the molecule is Nc1cc(C(=O)O)ccc1C(=O)N1CCCCC1. The first-order chi connectivity index (χ1) is 8.59. The normalized spacial score (nSPS) is 15.4. The predicted molar refractivity (Wildman–Crippen MR) is 67.6 cm³/mol. The number of carbonyl (C=O) groups excluding carboxylic acids is 1. The molecular formula is C13H16N2O3. The molecule has 18 heavy (non-hydrogen) atoms. The Hall–Kier alpha value is -2.04. The molecule has 1 amide bonds. The van der Waals surface area contributed by atoms with Crippen LogP contribution in [-0.4, -0.2) is 35.0 Å². The number of amides is 1. The van der Waals surface area contributed by atoms with Gasteiger partial charge in [-0.2, -0.15) is 0 Å². The molecule has 5 nitrogen and oxygen atoms in total. The van der Waals surface area contributed by atoms with Crippen LogP contribution in [0.2, 0.25) is 0 Å². The Balaban J connectivity index is 2.22. The molecule has 0 aromatic heterocycles. The second-order valence-corrected chi connectivity index (χ2v) is 4.46. The average Bonchev–Trinajstić information content (AvgIpc) is 2.38. The van der Waals surface area contributed by atoms with Gasteiger partial charge in [0, 0.05) is 18.8 Å². The number of carboxylic acid groups (broad SMARTS) is 1. The zero-order valence-corrected chi connectivity index (χ0v) is 10.1. The van der Waals surface area contributed by atoms with Gasteiger partial charge < -0.3 is 15.7 Å². The quantitative estimate of drug-likeness (QED) is 0.778. The molecule has 1 aliphatic heterocycles. The molecule has 1 heterocycles. The number of rotatable bonds is 2. The van der Waals surface area contributed by atoms with Gasteiger partial charge in [-0.05, 0) is 37.5 Å². The Morgan fingerprint density at radius 1 is 1.17 bits per heavy atom. The number of hydrogen-bond donors (Lipinski definition) is 2. The van der Waals surface area contributed by atoms with Crippen LogP contribution in [0.25, 0.3) is 0 Å². The standard InChI is InChI=1S/C13H16N2O3/c14-11-8-9(13(17)18)4-5-10(11)12(16)15-6-2-1-3-7-15/h4-5,8H,1-3,6-7,14H2,(H,17,18). The van der Waals surface area contributed by atoms with E-state index in [1.54, 1.807) is 4.90 Å². The molecule has 0 bridgehead atoms. The minimum absolute atomic E-state index is 0.0997. The maximum atomic E-state index is 12.2. The molecular weight excluding hydrogens is 232 g/mol. The molecule has 0 atom stereocenters. The van der Waals surface area contributed by atoms with Gasteiger partial charge in [0.2, 0.25) is 0 Å². The zero-order chi connectivity index (χ0) is 13.1. The lowest BCUT2D eigenvalue weighted by Crippen LogP contribution is -2.36. The molecule has 1 aliphatic rings. The first-order valence-corrected chi connectivity index (χ1v) is 6.01.